The fourth-order valence-corrected chi connectivity index (χ4v) is 4.59. The third-order valence-corrected chi connectivity index (χ3v) is 5.86. The molecule has 0 bridgehead atoms. The zero-order chi connectivity index (χ0) is 18.9. The Hall–Kier alpha value is -2.49. The fraction of sp³-hybridized carbons (Fsp3) is 0.118. The van der Waals surface area contributed by atoms with Gasteiger partial charge in [-0.3, -0.25) is 14.3 Å². The van der Waals surface area contributed by atoms with Crippen molar-refractivity contribution >= 4 is 43.0 Å². The molecule has 0 fully saturated rings. The Morgan fingerprint density at radius 1 is 1.19 bits per heavy atom. The van der Waals surface area contributed by atoms with Crippen LogP contribution in [0.4, 0.5) is 10.1 Å². The lowest BCUT2D eigenvalue weighted by molar-refractivity contribution is -0.130. The quantitative estimate of drug-likeness (QED) is 0.514. The highest BCUT2D eigenvalue weighted by Gasteiger charge is 2.34. The van der Waals surface area contributed by atoms with Gasteiger partial charge in [0.2, 0.25) is 10.0 Å². The van der Waals surface area contributed by atoms with Gasteiger partial charge in [0.1, 0.15) is 5.82 Å². The van der Waals surface area contributed by atoms with Gasteiger partial charge >= 0.3 is 0 Å². The van der Waals surface area contributed by atoms with E-state index in [2.05, 4.69) is 0 Å². The third-order valence-electron chi connectivity index (χ3n) is 3.83. The number of nitrogens with one attached hydrogen (secondary N) is 1. The Kier molecular flexibility index (Phi) is 4.94. The van der Waals surface area contributed by atoms with Gasteiger partial charge in [-0.15, -0.1) is 11.3 Å². The second-order valence-electron chi connectivity index (χ2n) is 5.63. The van der Waals surface area contributed by atoms with Gasteiger partial charge in [0.05, 0.1) is 11.9 Å². The molecule has 0 unspecified atom stereocenters. The molecule has 2 N–H and O–H groups in total. The maximum atomic E-state index is 13.2. The predicted molar refractivity (Wildman–Crippen MR) is 98.2 cm³/mol. The number of hydrogen-bond acceptors (Lipinski definition) is 5. The summed E-state index contributed by atoms with van der Waals surface area (Å²) in [6, 6.07) is 10.3. The number of halogens is 1. The summed E-state index contributed by atoms with van der Waals surface area (Å²) in [4.78, 5) is 12.3. The van der Waals surface area contributed by atoms with Gasteiger partial charge in [0.25, 0.3) is 5.91 Å². The molecule has 1 amide bonds. The van der Waals surface area contributed by atoms with Gasteiger partial charge < -0.3 is 0 Å². The number of rotatable bonds is 5. The Morgan fingerprint density at radius 3 is 2.50 bits per heavy atom. The van der Waals surface area contributed by atoms with Crippen LogP contribution in [0.3, 0.4) is 0 Å². The maximum absolute atomic E-state index is 13.2. The lowest BCUT2D eigenvalue weighted by Crippen LogP contribution is -2.42. The highest BCUT2D eigenvalue weighted by atomic mass is 32.2. The first-order valence-corrected chi connectivity index (χ1v) is 10.2. The lowest BCUT2D eigenvalue weighted by atomic mass is 10.1. The van der Waals surface area contributed by atoms with Gasteiger partial charge in [-0.1, -0.05) is 12.1 Å². The zero-order valence-electron chi connectivity index (χ0n) is 13.6. The van der Waals surface area contributed by atoms with E-state index in [1.54, 1.807) is 18.2 Å². The molecule has 26 heavy (non-hydrogen) atoms. The molecular weight excluding hydrogens is 379 g/mol. The van der Waals surface area contributed by atoms with Crippen LogP contribution in [-0.2, 0) is 14.8 Å². The zero-order valence-corrected chi connectivity index (χ0v) is 15.2. The van der Waals surface area contributed by atoms with E-state index in [1.165, 1.54) is 28.9 Å². The largest absolute Gasteiger partial charge is 0.289 e. The molecule has 0 saturated heterocycles. The monoisotopic (exact) mass is 394 g/mol. The van der Waals surface area contributed by atoms with Crippen molar-refractivity contribution in [3.63, 3.8) is 0 Å². The number of hydrogen-bond donors (Lipinski definition) is 2. The van der Waals surface area contributed by atoms with Crippen molar-refractivity contribution in [2.24, 2.45) is 0 Å². The topological polar surface area (TPSA) is 86.7 Å². The van der Waals surface area contributed by atoms with Gasteiger partial charge in [-0.25, -0.2) is 18.3 Å². The number of carbonyl (C=O) groups excluding carboxylic acids is 1. The number of amides is 1. The van der Waals surface area contributed by atoms with E-state index in [0.29, 0.717) is 0 Å². The molecule has 6 nitrogen and oxygen atoms in total. The molecule has 1 aromatic heterocycles. The van der Waals surface area contributed by atoms with E-state index in [1.807, 2.05) is 11.4 Å². The van der Waals surface area contributed by atoms with Crippen molar-refractivity contribution in [2.45, 2.75) is 6.04 Å². The minimum atomic E-state index is -3.91. The summed E-state index contributed by atoms with van der Waals surface area (Å²) in [5.41, 5.74) is 1.97. The minimum Gasteiger partial charge on any atom is -0.289 e. The highest BCUT2D eigenvalue weighted by Crippen LogP contribution is 2.33. The van der Waals surface area contributed by atoms with Crippen LogP contribution >= 0.6 is 11.3 Å². The molecule has 0 aliphatic rings. The standard InChI is InChI=1S/C17H15FN2O4S2/c1-26(23,24)20(14-6-7-15-12(10-14)8-9-25-15)16(17(21)19-22)11-2-4-13(18)5-3-11/h2-10,16,22H,1H3,(H,19,21)/t16-/m1/s1. The van der Waals surface area contributed by atoms with Crippen molar-refractivity contribution in [2.75, 3.05) is 10.6 Å². The van der Waals surface area contributed by atoms with E-state index in [9.17, 15) is 17.6 Å². The Labute approximate surface area is 153 Å². The number of hydroxylamine groups is 1. The van der Waals surface area contributed by atoms with E-state index in [0.717, 1.165) is 32.8 Å². The van der Waals surface area contributed by atoms with Crippen LogP contribution in [0.25, 0.3) is 10.1 Å². The molecule has 3 aromatic rings. The number of fused-ring (bicyclic) bond motifs is 1. The summed E-state index contributed by atoms with van der Waals surface area (Å²) in [5, 5.41) is 11.8. The van der Waals surface area contributed by atoms with Crippen LogP contribution in [0.1, 0.15) is 11.6 Å². The van der Waals surface area contributed by atoms with E-state index in [4.69, 9.17) is 5.21 Å². The van der Waals surface area contributed by atoms with Gasteiger partial charge in [0, 0.05) is 4.70 Å². The molecule has 1 atom stereocenters. The summed E-state index contributed by atoms with van der Waals surface area (Å²) in [7, 11) is -3.91. The number of benzene rings is 2. The van der Waals surface area contributed by atoms with Gasteiger partial charge in [0.15, 0.2) is 6.04 Å². The summed E-state index contributed by atoms with van der Waals surface area (Å²) >= 11 is 1.50. The van der Waals surface area contributed by atoms with Crippen LogP contribution in [0.15, 0.2) is 53.9 Å². The van der Waals surface area contributed by atoms with Crippen LogP contribution in [0, 0.1) is 5.82 Å². The van der Waals surface area contributed by atoms with Crippen LogP contribution in [-0.4, -0.2) is 25.8 Å². The average Bonchev–Trinajstić information content (AvgIpc) is 3.06. The summed E-state index contributed by atoms with van der Waals surface area (Å²) in [6.07, 6.45) is 0.964. The highest BCUT2D eigenvalue weighted by molar-refractivity contribution is 7.92. The lowest BCUT2D eigenvalue weighted by Gasteiger charge is -2.30. The minimum absolute atomic E-state index is 0.216. The molecule has 9 heteroatoms. The molecule has 136 valence electrons. The van der Waals surface area contributed by atoms with Crippen LogP contribution in [0.5, 0.6) is 0 Å². The molecule has 3 rings (SSSR count). The van der Waals surface area contributed by atoms with E-state index >= 15 is 0 Å². The molecule has 0 aliphatic heterocycles. The Balaban J connectivity index is 2.20. The molecule has 1 heterocycles. The SMILES string of the molecule is CS(=O)(=O)N(c1ccc2sccc2c1)[C@@H](C(=O)NO)c1ccc(F)cc1. The molecule has 0 radical (unpaired) electrons. The number of carbonyl (C=O) groups is 1. The van der Waals surface area contributed by atoms with E-state index in [-0.39, 0.29) is 11.3 Å². The molecule has 2 aromatic carbocycles. The molecule has 0 saturated carbocycles. The van der Waals surface area contributed by atoms with Gasteiger partial charge in [-0.05, 0) is 52.7 Å². The summed E-state index contributed by atoms with van der Waals surface area (Å²) in [6.45, 7) is 0. The third kappa shape index (κ3) is 3.55. The Bertz CT molecular complexity index is 1050. The first kappa shape index (κ1) is 18.3. The first-order chi connectivity index (χ1) is 12.3. The van der Waals surface area contributed by atoms with Crippen molar-refractivity contribution in [3.05, 3.63) is 65.3 Å². The van der Waals surface area contributed by atoms with Crippen molar-refractivity contribution in [1.82, 2.24) is 5.48 Å². The molecule has 0 aliphatic carbocycles. The summed E-state index contributed by atoms with van der Waals surface area (Å²) < 4.78 is 40.1. The average molecular weight is 394 g/mol. The van der Waals surface area contributed by atoms with Gasteiger partial charge in [-0.2, -0.15) is 0 Å². The number of nitrogens with zero attached hydrogens (tertiary/aromatic N) is 1. The second-order valence-corrected chi connectivity index (χ2v) is 8.44. The Morgan fingerprint density at radius 2 is 1.88 bits per heavy atom. The molecule has 0 spiro atoms. The van der Waals surface area contributed by atoms with E-state index < -0.39 is 27.8 Å². The smallest absolute Gasteiger partial charge is 0.271 e. The predicted octanol–water partition coefficient (Wildman–Crippen LogP) is 3.05. The molecular formula is C17H15FN2O4S2. The fourth-order valence-electron chi connectivity index (χ4n) is 2.72. The van der Waals surface area contributed by atoms with Crippen LogP contribution < -0.4 is 9.79 Å². The number of anilines is 1. The van der Waals surface area contributed by atoms with Crippen molar-refractivity contribution in [1.29, 1.82) is 0 Å². The number of sulfonamides is 1. The maximum Gasteiger partial charge on any atom is 0.271 e. The first-order valence-electron chi connectivity index (χ1n) is 7.47. The second kappa shape index (κ2) is 7.02. The van der Waals surface area contributed by atoms with Crippen molar-refractivity contribution < 1.29 is 22.8 Å². The van der Waals surface area contributed by atoms with Crippen molar-refractivity contribution in [3.8, 4) is 0 Å². The normalized spacial score (nSPS) is 12.7. The number of thiophene rings is 1. The summed E-state index contributed by atoms with van der Waals surface area (Å²) in [5.74, 6) is -1.48. The van der Waals surface area contributed by atoms with Crippen LogP contribution in [0.2, 0.25) is 0 Å².